The lowest BCUT2D eigenvalue weighted by Gasteiger charge is -2.10. The van der Waals surface area contributed by atoms with Gasteiger partial charge in [-0.05, 0) is 31.0 Å². The van der Waals surface area contributed by atoms with Crippen LogP contribution in [0.1, 0.15) is 11.1 Å². The molecule has 3 aromatic rings. The Morgan fingerprint density at radius 2 is 1.82 bits per heavy atom. The zero-order valence-corrected chi connectivity index (χ0v) is 16.3. The summed E-state index contributed by atoms with van der Waals surface area (Å²) in [7, 11) is 3.21. The van der Waals surface area contributed by atoms with Gasteiger partial charge >= 0.3 is 0 Å². The number of carbonyl (C=O) groups excluding carboxylic acids is 1. The van der Waals surface area contributed by atoms with E-state index < -0.39 is 0 Å². The van der Waals surface area contributed by atoms with E-state index in [0.29, 0.717) is 24.5 Å². The van der Waals surface area contributed by atoms with Crippen LogP contribution in [0.2, 0.25) is 0 Å². The van der Waals surface area contributed by atoms with Crippen LogP contribution in [0, 0.1) is 6.92 Å². The van der Waals surface area contributed by atoms with Crippen molar-refractivity contribution >= 4 is 5.91 Å². The Bertz CT molecular complexity index is 935. The van der Waals surface area contributed by atoms with Crippen LogP contribution < -0.4 is 14.8 Å². The van der Waals surface area contributed by atoms with Crippen molar-refractivity contribution in [3.8, 4) is 22.8 Å². The van der Waals surface area contributed by atoms with Crippen LogP contribution in [0.3, 0.4) is 0 Å². The first-order chi connectivity index (χ1) is 13.6. The minimum Gasteiger partial charge on any atom is -0.493 e. The number of amides is 1. The summed E-state index contributed by atoms with van der Waals surface area (Å²) in [5, 5.41) is 11.1. The van der Waals surface area contributed by atoms with Crippen molar-refractivity contribution in [3.05, 3.63) is 59.8 Å². The molecule has 7 heteroatoms. The first kappa shape index (κ1) is 19.4. The third kappa shape index (κ3) is 4.88. The fourth-order valence-corrected chi connectivity index (χ4v) is 2.82. The highest BCUT2D eigenvalue weighted by Gasteiger charge is 2.08. The molecule has 0 atom stereocenters. The lowest BCUT2D eigenvalue weighted by molar-refractivity contribution is -0.121. The average molecular weight is 380 g/mol. The molecule has 0 saturated carbocycles. The van der Waals surface area contributed by atoms with Gasteiger partial charge in [-0.3, -0.25) is 4.79 Å². The molecule has 0 aliphatic rings. The molecule has 28 heavy (non-hydrogen) atoms. The second-order valence-electron chi connectivity index (χ2n) is 6.46. The Morgan fingerprint density at radius 3 is 2.54 bits per heavy atom. The molecule has 1 N–H and O–H groups in total. The predicted molar refractivity (Wildman–Crippen MR) is 106 cm³/mol. The van der Waals surface area contributed by atoms with Crippen LogP contribution in [0.15, 0.2) is 48.7 Å². The van der Waals surface area contributed by atoms with Crippen LogP contribution in [-0.4, -0.2) is 41.7 Å². The van der Waals surface area contributed by atoms with Crippen molar-refractivity contribution in [1.82, 2.24) is 20.3 Å². The van der Waals surface area contributed by atoms with Gasteiger partial charge in [-0.15, -0.1) is 5.10 Å². The molecule has 0 spiro atoms. The van der Waals surface area contributed by atoms with Gasteiger partial charge in [0.15, 0.2) is 11.5 Å². The highest BCUT2D eigenvalue weighted by molar-refractivity contribution is 5.75. The molecule has 0 bridgehead atoms. The van der Waals surface area contributed by atoms with E-state index in [1.54, 1.807) is 25.1 Å². The topological polar surface area (TPSA) is 78.3 Å². The highest BCUT2D eigenvalue weighted by Crippen LogP contribution is 2.27. The van der Waals surface area contributed by atoms with E-state index in [4.69, 9.17) is 9.47 Å². The standard InChI is InChI=1S/C21H24N4O3/c1-15-4-7-17(8-5-15)18-13-25(24-23-18)14-21(26)22-11-10-16-6-9-19(27-2)20(12-16)28-3/h4-9,12-13H,10-11,14H2,1-3H3,(H,22,26). The van der Waals surface area contributed by atoms with E-state index in [2.05, 4.69) is 15.6 Å². The first-order valence-electron chi connectivity index (χ1n) is 9.04. The minimum atomic E-state index is -0.110. The molecule has 1 heterocycles. The van der Waals surface area contributed by atoms with Crippen molar-refractivity contribution < 1.29 is 14.3 Å². The van der Waals surface area contributed by atoms with Gasteiger partial charge in [0.2, 0.25) is 5.91 Å². The maximum Gasteiger partial charge on any atom is 0.241 e. The summed E-state index contributed by atoms with van der Waals surface area (Å²) in [6.45, 7) is 2.69. The van der Waals surface area contributed by atoms with E-state index in [-0.39, 0.29) is 12.5 Å². The number of nitrogens with one attached hydrogen (secondary N) is 1. The molecule has 1 aromatic heterocycles. The summed E-state index contributed by atoms with van der Waals surface area (Å²) >= 11 is 0. The van der Waals surface area contributed by atoms with Gasteiger partial charge in [-0.25, -0.2) is 4.68 Å². The summed E-state index contributed by atoms with van der Waals surface area (Å²) in [5.74, 6) is 1.25. The monoisotopic (exact) mass is 380 g/mol. The molecular weight excluding hydrogens is 356 g/mol. The Balaban J connectivity index is 1.50. The largest absolute Gasteiger partial charge is 0.493 e. The molecule has 0 unspecified atom stereocenters. The maximum atomic E-state index is 12.2. The van der Waals surface area contributed by atoms with Crippen LogP contribution in [0.25, 0.3) is 11.3 Å². The van der Waals surface area contributed by atoms with Crippen molar-refractivity contribution in [3.63, 3.8) is 0 Å². The van der Waals surface area contributed by atoms with Gasteiger partial charge in [0.25, 0.3) is 0 Å². The van der Waals surface area contributed by atoms with Gasteiger partial charge in [0.1, 0.15) is 12.2 Å². The lowest BCUT2D eigenvalue weighted by atomic mass is 10.1. The highest BCUT2D eigenvalue weighted by atomic mass is 16.5. The summed E-state index contributed by atoms with van der Waals surface area (Å²) in [6.07, 6.45) is 2.47. The predicted octanol–water partition coefficient (Wildman–Crippen LogP) is 2.63. The quantitative estimate of drug-likeness (QED) is 0.650. The Morgan fingerprint density at radius 1 is 1.07 bits per heavy atom. The van der Waals surface area contributed by atoms with Crippen LogP contribution in [0.5, 0.6) is 11.5 Å². The fraction of sp³-hybridized carbons (Fsp3) is 0.286. The Kier molecular flexibility index (Phi) is 6.26. The molecular formula is C21H24N4O3. The van der Waals surface area contributed by atoms with Crippen LogP contribution >= 0.6 is 0 Å². The van der Waals surface area contributed by atoms with Crippen molar-refractivity contribution in [2.75, 3.05) is 20.8 Å². The number of benzene rings is 2. The van der Waals surface area contributed by atoms with E-state index in [1.165, 1.54) is 5.56 Å². The van der Waals surface area contributed by atoms with Gasteiger partial charge < -0.3 is 14.8 Å². The zero-order chi connectivity index (χ0) is 19.9. The van der Waals surface area contributed by atoms with E-state index in [1.807, 2.05) is 49.4 Å². The number of rotatable bonds is 8. The SMILES string of the molecule is COc1ccc(CCNC(=O)Cn2cc(-c3ccc(C)cc3)nn2)cc1OC. The number of nitrogens with zero attached hydrogens (tertiary/aromatic N) is 3. The summed E-state index contributed by atoms with van der Waals surface area (Å²) in [6, 6.07) is 13.8. The number of hydrogen-bond acceptors (Lipinski definition) is 5. The number of methoxy groups -OCH3 is 2. The van der Waals surface area contributed by atoms with Crippen LogP contribution in [-0.2, 0) is 17.8 Å². The minimum absolute atomic E-state index is 0.110. The molecule has 146 valence electrons. The van der Waals surface area contributed by atoms with Gasteiger partial charge in [0.05, 0.1) is 20.4 Å². The van der Waals surface area contributed by atoms with Crippen molar-refractivity contribution in [1.29, 1.82) is 0 Å². The Hall–Kier alpha value is -3.35. The molecule has 3 rings (SSSR count). The summed E-state index contributed by atoms with van der Waals surface area (Å²) in [4.78, 5) is 12.2. The maximum absolute atomic E-state index is 12.2. The Labute approximate surface area is 164 Å². The van der Waals surface area contributed by atoms with Gasteiger partial charge in [-0.1, -0.05) is 41.1 Å². The molecule has 1 amide bonds. The van der Waals surface area contributed by atoms with Gasteiger partial charge in [-0.2, -0.15) is 0 Å². The molecule has 7 nitrogen and oxygen atoms in total. The van der Waals surface area contributed by atoms with E-state index in [9.17, 15) is 4.79 Å². The van der Waals surface area contributed by atoms with E-state index >= 15 is 0 Å². The molecule has 0 aliphatic heterocycles. The zero-order valence-electron chi connectivity index (χ0n) is 16.3. The summed E-state index contributed by atoms with van der Waals surface area (Å²) < 4.78 is 12.1. The number of hydrogen-bond donors (Lipinski definition) is 1. The third-order valence-electron chi connectivity index (χ3n) is 4.38. The van der Waals surface area contributed by atoms with Crippen molar-refractivity contribution in [2.24, 2.45) is 0 Å². The number of aryl methyl sites for hydroxylation is 1. The van der Waals surface area contributed by atoms with Crippen LogP contribution in [0.4, 0.5) is 0 Å². The van der Waals surface area contributed by atoms with Crippen molar-refractivity contribution in [2.45, 2.75) is 19.9 Å². The van der Waals surface area contributed by atoms with E-state index in [0.717, 1.165) is 16.8 Å². The third-order valence-corrected chi connectivity index (χ3v) is 4.38. The lowest BCUT2D eigenvalue weighted by Crippen LogP contribution is -2.29. The smallest absolute Gasteiger partial charge is 0.241 e. The number of ether oxygens (including phenoxy) is 2. The average Bonchev–Trinajstić information content (AvgIpc) is 3.16. The van der Waals surface area contributed by atoms with Gasteiger partial charge in [0, 0.05) is 12.1 Å². The fourth-order valence-electron chi connectivity index (χ4n) is 2.82. The summed E-state index contributed by atoms with van der Waals surface area (Å²) in [5.41, 5.74) is 3.97. The molecule has 0 aliphatic carbocycles. The normalized spacial score (nSPS) is 10.5. The molecule has 0 saturated heterocycles. The number of aromatic nitrogens is 3. The first-order valence-corrected chi connectivity index (χ1v) is 9.04. The molecule has 0 fully saturated rings. The molecule has 2 aromatic carbocycles. The second-order valence-corrected chi connectivity index (χ2v) is 6.46. The molecule has 0 radical (unpaired) electrons. The second kappa shape index (κ2) is 9.03. The number of carbonyl (C=O) groups is 1.